The average Bonchev–Trinajstić information content (AvgIpc) is 2.76. The minimum atomic E-state index is -0.985. The molecule has 0 amide bonds. The molecule has 0 radical (unpaired) electrons. The molecule has 1 aromatic carbocycles. The van der Waals surface area contributed by atoms with E-state index in [4.69, 9.17) is 15.3 Å². The molecule has 2 rings (SSSR count). The summed E-state index contributed by atoms with van der Waals surface area (Å²) in [6.07, 6.45) is 0.326. The van der Waals surface area contributed by atoms with E-state index in [9.17, 15) is 4.79 Å². The Morgan fingerprint density at radius 1 is 1.28 bits per heavy atom. The van der Waals surface area contributed by atoms with Gasteiger partial charge < -0.3 is 15.3 Å². The van der Waals surface area contributed by atoms with Crippen molar-refractivity contribution in [2.75, 3.05) is 0 Å². The highest BCUT2D eigenvalue weighted by atomic mass is 16.4. The number of carbonyl (C=O) groups is 1. The van der Waals surface area contributed by atoms with Gasteiger partial charge in [-0.3, -0.25) is 4.79 Å². The lowest BCUT2D eigenvalue weighted by Gasteiger charge is -2.06. The first kappa shape index (κ1) is 12.4. The first-order valence-electron chi connectivity index (χ1n) is 5.70. The molecule has 4 heteroatoms. The number of carboxylic acids is 1. The number of hydrogen-bond donors (Lipinski definition) is 2. The highest BCUT2D eigenvalue weighted by molar-refractivity contribution is 5.73. The van der Waals surface area contributed by atoms with Gasteiger partial charge in [-0.15, -0.1) is 0 Å². The monoisotopic (exact) mass is 245 g/mol. The summed E-state index contributed by atoms with van der Waals surface area (Å²) in [5.74, 6) is 0.685. The van der Waals surface area contributed by atoms with Crippen LogP contribution in [0.2, 0.25) is 0 Å². The second-order valence-electron chi connectivity index (χ2n) is 4.26. The molecule has 18 heavy (non-hydrogen) atoms. The molecule has 0 aliphatic rings. The zero-order valence-electron chi connectivity index (χ0n) is 10.1. The van der Waals surface area contributed by atoms with E-state index in [1.165, 1.54) is 0 Å². The quantitative estimate of drug-likeness (QED) is 0.865. The second kappa shape index (κ2) is 5.06. The maximum absolute atomic E-state index is 10.7. The summed E-state index contributed by atoms with van der Waals surface area (Å²) in [4.78, 5) is 10.7. The number of carboxylic acid groups (broad SMARTS) is 1. The highest BCUT2D eigenvalue weighted by Crippen LogP contribution is 2.22. The van der Waals surface area contributed by atoms with E-state index < -0.39 is 12.0 Å². The molecule has 94 valence electrons. The van der Waals surface area contributed by atoms with E-state index in [0.29, 0.717) is 6.42 Å². The van der Waals surface area contributed by atoms with Crippen molar-refractivity contribution < 1.29 is 14.3 Å². The molecular formula is C14H15NO3. The molecule has 1 aromatic heterocycles. The Morgan fingerprint density at radius 3 is 2.44 bits per heavy atom. The van der Waals surface area contributed by atoms with Crippen LogP contribution in [0.1, 0.15) is 11.3 Å². The number of rotatable bonds is 4. The molecule has 1 heterocycles. The van der Waals surface area contributed by atoms with Crippen LogP contribution in [0.15, 0.2) is 40.8 Å². The average molecular weight is 245 g/mol. The summed E-state index contributed by atoms with van der Waals surface area (Å²) in [5, 5.41) is 8.74. The van der Waals surface area contributed by atoms with Gasteiger partial charge in [-0.05, 0) is 31.0 Å². The predicted octanol–water partition coefficient (Wildman–Crippen LogP) is 2.21. The van der Waals surface area contributed by atoms with Crippen LogP contribution in [-0.4, -0.2) is 17.1 Å². The topological polar surface area (TPSA) is 76.5 Å². The van der Waals surface area contributed by atoms with Gasteiger partial charge in [0.25, 0.3) is 0 Å². The fraction of sp³-hybridized carbons (Fsp3) is 0.214. The molecule has 2 aromatic rings. The third-order valence-electron chi connectivity index (χ3n) is 2.75. The smallest absolute Gasteiger partial charge is 0.320 e. The Balaban J connectivity index is 2.13. The maximum Gasteiger partial charge on any atom is 0.320 e. The SMILES string of the molecule is Cc1ccc(-c2ccc(CC(N)C(=O)O)cc2)o1. The Morgan fingerprint density at radius 2 is 1.94 bits per heavy atom. The minimum Gasteiger partial charge on any atom is -0.480 e. The third-order valence-corrected chi connectivity index (χ3v) is 2.75. The van der Waals surface area contributed by atoms with Crippen LogP contribution in [0.5, 0.6) is 0 Å². The van der Waals surface area contributed by atoms with E-state index in [1.807, 2.05) is 43.3 Å². The van der Waals surface area contributed by atoms with Crippen molar-refractivity contribution in [2.24, 2.45) is 5.73 Å². The van der Waals surface area contributed by atoms with Crippen LogP contribution in [0, 0.1) is 6.92 Å². The molecule has 1 unspecified atom stereocenters. The normalized spacial score (nSPS) is 12.3. The molecule has 0 bridgehead atoms. The zero-order chi connectivity index (χ0) is 13.1. The van der Waals surface area contributed by atoms with Crippen molar-refractivity contribution in [2.45, 2.75) is 19.4 Å². The van der Waals surface area contributed by atoms with Crippen molar-refractivity contribution in [1.82, 2.24) is 0 Å². The van der Waals surface area contributed by atoms with E-state index in [2.05, 4.69) is 0 Å². The summed E-state index contributed by atoms with van der Waals surface area (Å²) in [5.41, 5.74) is 7.35. The largest absolute Gasteiger partial charge is 0.480 e. The molecule has 0 aliphatic carbocycles. The van der Waals surface area contributed by atoms with Crippen LogP contribution in [0.25, 0.3) is 11.3 Å². The summed E-state index contributed by atoms with van der Waals surface area (Å²) in [6.45, 7) is 1.89. The number of benzene rings is 1. The zero-order valence-corrected chi connectivity index (χ0v) is 10.1. The maximum atomic E-state index is 10.7. The minimum absolute atomic E-state index is 0.326. The summed E-state index contributed by atoms with van der Waals surface area (Å²) in [6, 6.07) is 10.5. The summed E-state index contributed by atoms with van der Waals surface area (Å²) in [7, 11) is 0. The molecule has 4 nitrogen and oxygen atoms in total. The second-order valence-corrected chi connectivity index (χ2v) is 4.26. The van der Waals surface area contributed by atoms with Crippen LogP contribution in [-0.2, 0) is 11.2 Å². The van der Waals surface area contributed by atoms with Gasteiger partial charge in [-0.25, -0.2) is 0 Å². The summed E-state index contributed by atoms with van der Waals surface area (Å²) >= 11 is 0. The molecule has 3 N–H and O–H groups in total. The molecule has 0 aliphatic heterocycles. The molecular weight excluding hydrogens is 230 g/mol. The lowest BCUT2D eigenvalue weighted by Crippen LogP contribution is -2.32. The first-order valence-corrected chi connectivity index (χ1v) is 5.70. The van der Waals surface area contributed by atoms with Crippen molar-refractivity contribution in [3.63, 3.8) is 0 Å². The standard InChI is InChI=1S/C14H15NO3/c1-9-2-7-13(18-9)11-5-3-10(4-6-11)8-12(15)14(16)17/h2-7,12H,8,15H2,1H3,(H,16,17). The highest BCUT2D eigenvalue weighted by Gasteiger charge is 2.12. The van der Waals surface area contributed by atoms with Crippen molar-refractivity contribution in [3.05, 3.63) is 47.7 Å². The predicted molar refractivity (Wildman–Crippen MR) is 68.2 cm³/mol. The third kappa shape index (κ3) is 2.78. The Kier molecular flexibility index (Phi) is 3.48. The van der Waals surface area contributed by atoms with Gasteiger partial charge in [0.2, 0.25) is 0 Å². The van der Waals surface area contributed by atoms with Crippen molar-refractivity contribution >= 4 is 5.97 Å². The first-order chi connectivity index (χ1) is 8.56. The lowest BCUT2D eigenvalue weighted by atomic mass is 10.0. The Hall–Kier alpha value is -2.07. The van der Waals surface area contributed by atoms with Gasteiger partial charge in [-0.1, -0.05) is 24.3 Å². The molecule has 0 saturated carbocycles. The van der Waals surface area contributed by atoms with Crippen LogP contribution >= 0.6 is 0 Å². The van der Waals surface area contributed by atoms with Gasteiger partial charge in [-0.2, -0.15) is 0 Å². The van der Waals surface area contributed by atoms with Crippen molar-refractivity contribution in [3.8, 4) is 11.3 Å². The van der Waals surface area contributed by atoms with Crippen LogP contribution < -0.4 is 5.73 Å². The Labute approximate surface area is 105 Å². The lowest BCUT2D eigenvalue weighted by molar-refractivity contribution is -0.138. The molecule has 0 saturated heterocycles. The van der Waals surface area contributed by atoms with E-state index >= 15 is 0 Å². The van der Waals surface area contributed by atoms with E-state index in [1.54, 1.807) is 0 Å². The number of aryl methyl sites for hydroxylation is 1. The van der Waals surface area contributed by atoms with E-state index in [0.717, 1.165) is 22.6 Å². The van der Waals surface area contributed by atoms with Gasteiger partial charge in [0, 0.05) is 5.56 Å². The number of furan rings is 1. The van der Waals surface area contributed by atoms with Gasteiger partial charge in [0.15, 0.2) is 0 Å². The van der Waals surface area contributed by atoms with Crippen LogP contribution in [0.3, 0.4) is 0 Å². The van der Waals surface area contributed by atoms with Gasteiger partial charge in [0.05, 0.1) is 0 Å². The Bertz CT molecular complexity index is 542. The van der Waals surface area contributed by atoms with Gasteiger partial charge in [0.1, 0.15) is 17.6 Å². The van der Waals surface area contributed by atoms with Gasteiger partial charge >= 0.3 is 5.97 Å². The molecule has 1 atom stereocenters. The molecule has 0 spiro atoms. The number of hydrogen-bond acceptors (Lipinski definition) is 3. The number of aliphatic carboxylic acids is 1. The van der Waals surface area contributed by atoms with E-state index in [-0.39, 0.29) is 0 Å². The molecule has 0 fully saturated rings. The summed E-state index contributed by atoms with van der Waals surface area (Å²) < 4.78 is 5.51. The van der Waals surface area contributed by atoms with Crippen LogP contribution in [0.4, 0.5) is 0 Å². The fourth-order valence-corrected chi connectivity index (χ4v) is 1.74. The number of nitrogens with two attached hydrogens (primary N) is 1. The fourth-order valence-electron chi connectivity index (χ4n) is 1.74. The van der Waals surface area contributed by atoms with Crippen molar-refractivity contribution in [1.29, 1.82) is 0 Å².